The zero-order valence-electron chi connectivity index (χ0n) is 18.3. The van der Waals surface area contributed by atoms with Gasteiger partial charge in [0.1, 0.15) is 5.76 Å². The molecule has 2 amide bonds. The molecule has 7 heteroatoms. The molecule has 0 aliphatic heterocycles. The molecular formula is C24H31N3O4. The largest absolute Gasteiger partial charge is 0.459 e. The van der Waals surface area contributed by atoms with Gasteiger partial charge in [0.2, 0.25) is 0 Å². The van der Waals surface area contributed by atoms with E-state index in [9.17, 15) is 9.59 Å². The molecule has 3 heterocycles. The molecule has 0 fully saturated rings. The van der Waals surface area contributed by atoms with Gasteiger partial charge in [-0.3, -0.25) is 9.59 Å². The van der Waals surface area contributed by atoms with Crippen LogP contribution in [0.4, 0.5) is 0 Å². The van der Waals surface area contributed by atoms with E-state index < -0.39 is 0 Å². The topological polar surface area (TPSA) is 80.6 Å². The first kappa shape index (κ1) is 22.5. The Morgan fingerprint density at radius 2 is 1.90 bits per heavy atom. The third-order valence-electron chi connectivity index (χ3n) is 5.07. The smallest absolute Gasteiger partial charge is 0.289 e. The van der Waals surface area contributed by atoms with Crippen molar-refractivity contribution in [3.8, 4) is 0 Å². The van der Waals surface area contributed by atoms with Gasteiger partial charge >= 0.3 is 0 Å². The minimum Gasteiger partial charge on any atom is -0.459 e. The number of carbonyl (C=O) groups is 2. The van der Waals surface area contributed by atoms with Gasteiger partial charge in [0.15, 0.2) is 11.5 Å². The van der Waals surface area contributed by atoms with Crippen LogP contribution in [0.15, 0.2) is 57.7 Å². The molecular weight excluding hydrogens is 394 g/mol. The molecule has 0 atom stereocenters. The van der Waals surface area contributed by atoms with E-state index in [1.54, 1.807) is 23.1 Å². The van der Waals surface area contributed by atoms with Crippen molar-refractivity contribution in [2.75, 3.05) is 13.1 Å². The monoisotopic (exact) mass is 425 g/mol. The van der Waals surface area contributed by atoms with E-state index in [0.717, 1.165) is 31.4 Å². The van der Waals surface area contributed by atoms with Crippen LogP contribution in [0.25, 0.3) is 0 Å². The quantitative estimate of drug-likeness (QED) is 0.427. The molecule has 0 saturated carbocycles. The van der Waals surface area contributed by atoms with Gasteiger partial charge in [-0.05, 0) is 49.2 Å². The fraction of sp³-hybridized carbons (Fsp3) is 0.417. The van der Waals surface area contributed by atoms with Crippen LogP contribution in [0.3, 0.4) is 0 Å². The Labute approximate surface area is 183 Å². The first-order chi connectivity index (χ1) is 15.1. The van der Waals surface area contributed by atoms with E-state index in [-0.39, 0.29) is 11.8 Å². The Bertz CT molecular complexity index is 955. The second-order valence-electron chi connectivity index (χ2n) is 7.56. The molecule has 31 heavy (non-hydrogen) atoms. The minimum atomic E-state index is -0.187. The summed E-state index contributed by atoms with van der Waals surface area (Å²) in [7, 11) is 0. The highest BCUT2D eigenvalue weighted by Crippen LogP contribution is 2.16. The highest BCUT2D eigenvalue weighted by Gasteiger charge is 2.19. The number of carbonyl (C=O) groups excluding carboxylic acids is 2. The molecule has 7 nitrogen and oxygen atoms in total. The number of rotatable bonds is 12. The summed E-state index contributed by atoms with van der Waals surface area (Å²) in [6, 6.07) is 10.9. The van der Waals surface area contributed by atoms with E-state index in [1.807, 2.05) is 35.9 Å². The van der Waals surface area contributed by atoms with Crippen LogP contribution in [0, 0.1) is 0 Å². The molecule has 0 spiro atoms. The Hall–Kier alpha value is -3.22. The average molecular weight is 426 g/mol. The summed E-state index contributed by atoms with van der Waals surface area (Å²) < 4.78 is 13.1. The number of hydrogen-bond acceptors (Lipinski definition) is 4. The molecule has 0 aromatic carbocycles. The third kappa shape index (κ3) is 6.13. The lowest BCUT2D eigenvalue weighted by Gasteiger charge is -2.22. The molecule has 3 aromatic rings. The predicted octanol–water partition coefficient (Wildman–Crippen LogP) is 4.69. The maximum atomic E-state index is 12.8. The molecule has 0 bridgehead atoms. The molecule has 1 N–H and O–H groups in total. The summed E-state index contributed by atoms with van der Waals surface area (Å²) in [4.78, 5) is 26.8. The van der Waals surface area contributed by atoms with Crippen LogP contribution in [-0.2, 0) is 13.1 Å². The van der Waals surface area contributed by atoms with Crippen LogP contribution in [0.1, 0.15) is 72.1 Å². The number of unbranched alkanes of at least 4 members (excludes halogenated alkanes) is 2. The maximum absolute atomic E-state index is 12.8. The SMILES string of the molecule is CCCCCNC(=O)c1ccc(Cn2cccc2CN(CCC)C(=O)c2ccco2)o1. The summed E-state index contributed by atoms with van der Waals surface area (Å²) >= 11 is 0. The maximum Gasteiger partial charge on any atom is 0.289 e. The number of hydrogen-bond donors (Lipinski definition) is 1. The second kappa shape index (κ2) is 11.2. The predicted molar refractivity (Wildman–Crippen MR) is 118 cm³/mol. The summed E-state index contributed by atoms with van der Waals surface area (Å²) in [6.07, 6.45) is 7.48. The Balaban J connectivity index is 1.63. The molecule has 0 unspecified atom stereocenters. The number of aromatic nitrogens is 1. The van der Waals surface area contributed by atoms with Crippen molar-refractivity contribution in [3.63, 3.8) is 0 Å². The first-order valence-corrected chi connectivity index (χ1v) is 11.0. The highest BCUT2D eigenvalue weighted by atomic mass is 16.4. The lowest BCUT2D eigenvalue weighted by atomic mass is 10.2. The lowest BCUT2D eigenvalue weighted by Crippen LogP contribution is -2.31. The van der Waals surface area contributed by atoms with Crippen molar-refractivity contribution in [1.29, 1.82) is 0 Å². The van der Waals surface area contributed by atoms with Crippen molar-refractivity contribution in [2.45, 2.75) is 52.6 Å². The molecule has 3 rings (SSSR count). The fourth-order valence-electron chi connectivity index (χ4n) is 3.44. The fourth-order valence-corrected chi connectivity index (χ4v) is 3.44. The number of nitrogens with one attached hydrogen (secondary N) is 1. The minimum absolute atomic E-state index is 0.125. The first-order valence-electron chi connectivity index (χ1n) is 11.0. The van der Waals surface area contributed by atoms with E-state index in [1.165, 1.54) is 6.26 Å². The summed E-state index contributed by atoms with van der Waals surface area (Å²) in [6.45, 7) is 6.41. The molecule has 0 aliphatic carbocycles. The lowest BCUT2D eigenvalue weighted by molar-refractivity contribution is 0.0707. The van der Waals surface area contributed by atoms with Gasteiger partial charge in [0, 0.05) is 25.0 Å². The molecule has 0 aliphatic rings. The molecule has 3 aromatic heterocycles. The average Bonchev–Trinajstić information content (AvgIpc) is 3.53. The van der Waals surface area contributed by atoms with Crippen molar-refractivity contribution < 1.29 is 18.4 Å². The summed E-state index contributed by atoms with van der Waals surface area (Å²) in [5.74, 6) is 1.04. The van der Waals surface area contributed by atoms with Gasteiger partial charge in [-0.1, -0.05) is 26.7 Å². The number of furan rings is 2. The van der Waals surface area contributed by atoms with Crippen molar-refractivity contribution in [3.05, 3.63) is 71.8 Å². The number of amides is 2. The van der Waals surface area contributed by atoms with Gasteiger partial charge in [0.05, 0.1) is 19.4 Å². The molecule has 0 saturated heterocycles. The number of nitrogens with zero attached hydrogens (tertiary/aromatic N) is 2. The van der Waals surface area contributed by atoms with E-state index >= 15 is 0 Å². The van der Waals surface area contributed by atoms with Gasteiger partial charge in [-0.2, -0.15) is 0 Å². The van der Waals surface area contributed by atoms with Crippen LogP contribution in [0.2, 0.25) is 0 Å². The highest BCUT2D eigenvalue weighted by molar-refractivity contribution is 5.91. The van der Waals surface area contributed by atoms with E-state index in [2.05, 4.69) is 12.2 Å². The zero-order chi connectivity index (χ0) is 22.1. The Kier molecular flexibility index (Phi) is 8.15. The summed E-state index contributed by atoms with van der Waals surface area (Å²) in [5.41, 5.74) is 0.982. The third-order valence-corrected chi connectivity index (χ3v) is 5.07. The Morgan fingerprint density at radius 3 is 2.65 bits per heavy atom. The molecule has 166 valence electrons. The van der Waals surface area contributed by atoms with Gasteiger partial charge in [-0.15, -0.1) is 0 Å². The van der Waals surface area contributed by atoms with Crippen LogP contribution in [-0.4, -0.2) is 34.4 Å². The molecule has 0 radical (unpaired) electrons. The standard InChI is InChI=1S/C24H31N3O4/c1-3-5-6-13-25-23(28)21-12-11-20(31-21)18-26-15-7-9-19(26)17-27(14-4-2)24(29)22-10-8-16-30-22/h7-12,15-16H,3-6,13-14,17-18H2,1-2H3,(H,25,28). The van der Waals surface area contributed by atoms with Gasteiger partial charge in [-0.25, -0.2) is 0 Å². The van der Waals surface area contributed by atoms with Crippen LogP contribution < -0.4 is 5.32 Å². The van der Waals surface area contributed by atoms with Crippen LogP contribution >= 0.6 is 0 Å². The van der Waals surface area contributed by atoms with Crippen molar-refractivity contribution in [2.24, 2.45) is 0 Å². The van der Waals surface area contributed by atoms with Gasteiger partial charge < -0.3 is 23.6 Å². The van der Waals surface area contributed by atoms with E-state index in [0.29, 0.717) is 43.5 Å². The van der Waals surface area contributed by atoms with Crippen LogP contribution in [0.5, 0.6) is 0 Å². The normalized spacial score (nSPS) is 10.9. The zero-order valence-corrected chi connectivity index (χ0v) is 18.3. The second-order valence-corrected chi connectivity index (χ2v) is 7.56. The van der Waals surface area contributed by atoms with E-state index in [4.69, 9.17) is 8.83 Å². The van der Waals surface area contributed by atoms with Crippen molar-refractivity contribution >= 4 is 11.8 Å². The van der Waals surface area contributed by atoms with Crippen molar-refractivity contribution in [1.82, 2.24) is 14.8 Å². The Morgan fingerprint density at radius 1 is 1.03 bits per heavy atom. The van der Waals surface area contributed by atoms with Gasteiger partial charge in [0.25, 0.3) is 11.8 Å². The summed E-state index contributed by atoms with van der Waals surface area (Å²) in [5, 5.41) is 2.89.